The third kappa shape index (κ3) is 9.22. The Morgan fingerprint density at radius 2 is 0.833 bits per heavy atom. The molecular formula is C23H51P. The van der Waals surface area contributed by atoms with Gasteiger partial charge in [-0.2, -0.15) is 0 Å². The summed E-state index contributed by atoms with van der Waals surface area (Å²) >= 11 is 0. The van der Waals surface area contributed by atoms with Crippen LogP contribution >= 0.6 is 7.26 Å². The first-order valence-corrected chi connectivity index (χ1v) is 14.2. The molecule has 0 aromatic carbocycles. The van der Waals surface area contributed by atoms with Crippen molar-refractivity contribution in [3.63, 3.8) is 0 Å². The van der Waals surface area contributed by atoms with Crippen molar-refractivity contribution in [2.45, 2.75) is 100 Å². The molecule has 0 aromatic rings. The van der Waals surface area contributed by atoms with E-state index in [1.165, 1.54) is 44.9 Å². The molecule has 0 radical (unpaired) electrons. The molecule has 0 saturated carbocycles. The summed E-state index contributed by atoms with van der Waals surface area (Å²) in [6, 6.07) is 0. The van der Waals surface area contributed by atoms with E-state index in [4.69, 9.17) is 0 Å². The second kappa shape index (κ2) is 13.6. The fourth-order valence-electron chi connectivity index (χ4n) is 4.72. The summed E-state index contributed by atoms with van der Waals surface area (Å²) in [5, 5.41) is 0. The van der Waals surface area contributed by atoms with E-state index in [-0.39, 0.29) is 0 Å². The molecule has 0 aliphatic rings. The van der Waals surface area contributed by atoms with E-state index in [1.807, 2.05) is 0 Å². The van der Waals surface area contributed by atoms with Gasteiger partial charge in [-0.25, -0.2) is 0 Å². The van der Waals surface area contributed by atoms with Crippen LogP contribution in [0.3, 0.4) is 0 Å². The molecule has 0 saturated heterocycles. The zero-order chi connectivity index (χ0) is 18.6. The van der Waals surface area contributed by atoms with Gasteiger partial charge < -0.3 is 0 Å². The Labute approximate surface area is 156 Å². The molecule has 0 unspecified atom stereocenters. The molecule has 0 fully saturated rings. The average Bonchev–Trinajstić information content (AvgIpc) is 2.60. The van der Waals surface area contributed by atoms with Crippen molar-refractivity contribution >= 4 is 7.26 Å². The minimum absolute atomic E-state index is 0.877. The molecule has 24 heavy (non-hydrogen) atoms. The standard InChI is InChI=1S/C23H51P/c1-9-21(10-2)17-24(16-15-20(7)8,18-22(11-3)12-4)19-23(13-5)14-6/h20-24H,9-19H2,1-8H3. The summed E-state index contributed by atoms with van der Waals surface area (Å²) in [5.41, 5.74) is 0. The first-order valence-electron chi connectivity index (χ1n) is 11.4. The summed E-state index contributed by atoms with van der Waals surface area (Å²) in [5.74, 6) is 3.86. The van der Waals surface area contributed by atoms with Crippen LogP contribution in [-0.2, 0) is 0 Å². The van der Waals surface area contributed by atoms with Gasteiger partial charge in [0.15, 0.2) is 0 Å². The number of rotatable bonds is 15. The molecule has 0 aliphatic carbocycles. The third-order valence-electron chi connectivity index (χ3n) is 6.88. The second-order valence-electron chi connectivity index (χ2n) is 9.09. The number of hydrogen-bond acceptors (Lipinski definition) is 0. The van der Waals surface area contributed by atoms with E-state index in [2.05, 4.69) is 55.4 Å². The molecule has 0 bridgehead atoms. The Balaban J connectivity index is 5.49. The molecule has 148 valence electrons. The Morgan fingerprint density at radius 3 is 1.04 bits per heavy atom. The van der Waals surface area contributed by atoms with Crippen LogP contribution in [0.5, 0.6) is 0 Å². The van der Waals surface area contributed by atoms with Gasteiger partial charge in [0.1, 0.15) is 0 Å². The van der Waals surface area contributed by atoms with Crippen LogP contribution in [0.2, 0.25) is 0 Å². The minimum atomic E-state index is -1.17. The molecule has 0 rings (SSSR count). The Bertz CT molecular complexity index is 236. The van der Waals surface area contributed by atoms with Gasteiger partial charge >= 0.3 is 156 Å². The molecule has 0 heterocycles. The van der Waals surface area contributed by atoms with Crippen LogP contribution in [0.25, 0.3) is 0 Å². The quantitative estimate of drug-likeness (QED) is 0.259. The van der Waals surface area contributed by atoms with Crippen molar-refractivity contribution in [1.82, 2.24) is 0 Å². The molecule has 0 N–H and O–H groups in total. The van der Waals surface area contributed by atoms with Crippen molar-refractivity contribution in [2.75, 3.05) is 24.6 Å². The van der Waals surface area contributed by atoms with Crippen molar-refractivity contribution in [2.24, 2.45) is 23.7 Å². The van der Waals surface area contributed by atoms with Gasteiger partial charge in [-0.3, -0.25) is 0 Å². The predicted octanol–water partition coefficient (Wildman–Crippen LogP) is 8.09. The van der Waals surface area contributed by atoms with Crippen LogP contribution < -0.4 is 0 Å². The molecule has 0 amide bonds. The van der Waals surface area contributed by atoms with Crippen molar-refractivity contribution in [3.8, 4) is 0 Å². The van der Waals surface area contributed by atoms with Crippen LogP contribution in [-0.4, -0.2) is 24.6 Å². The summed E-state index contributed by atoms with van der Waals surface area (Å²) in [4.78, 5) is 0. The second-order valence-corrected chi connectivity index (χ2v) is 13.8. The van der Waals surface area contributed by atoms with Crippen molar-refractivity contribution in [3.05, 3.63) is 0 Å². The Morgan fingerprint density at radius 1 is 0.542 bits per heavy atom. The van der Waals surface area contributed by atoms with Gasteiger partial charge in [0.25, 0.3) is 0 Å². The number of hydrogen-bond donors (Lipinski definition) is 0. The summed E-state index contributed by atoms with van der Waals surface area (Å²) in [7, 11) is -1.17. The monoisotopic (exact) mass is 358 g/mol. The normalized spacial score (nSPS) is 13.7. The van der Waals surface area contributed by atoms with E-state index in [1.54, 1.807) is 24.6 Å². The van der Waals surface area contributed by atoms with Crippen molar-refractivity contribution < 1.29 is 0 Å². The van der Waals surface area contributed by atoms with Crippen molar-refractivity contribution in [1.29, 1.82) is 0 Å². The van der Waals surface area contributed by atoms with Crippen LogP contribution in [0, 0.1) is 23.7 Å². The zero-order valence-electron chi connectivity index (χ0n) is 18.6. The topological polar surface area (TPSA) is 0 Å². The third-order valence-corrected chi connectivity index (χ3v) is 12.6. The van der Waals surface area contributed by atoms with Gasteiger partial charge in [0.2, 0.25) is 0 Å². The van der Waals surface area contributed by atoms with E-state index in [0.29, 0.717) is 0 Å². The molecule has 0 atom stereocenters. The van der Waals surface area contributed by atoms with E-state index >= 15 is 0 Å². The SMILES string of the molecule is CCC(CC)C[PH](CCC(C)C)(CC(CC)CC)CC(CC)CC. The molecule has 0 aromatic heterocycles. The van der Waals surface area contributed by atoms with E-state index in [0.717, 1.165) is 23.7 Å². The fourth-order valence-corrected chi connectivity index (χ4v) is 12.4. The average molecular weight is 359 g/mol. The molecule has 0 nitrogen and oxygen atoms in total. The summed E-state index contributed by atoms with van der Waals surface area (Å²) in [6.45, 7) is 19.5. The maximum atomic E-state index is 2.44. The molecule has 0 aliphatic heterocycles. The molecular weight excluding hydrogens is 307 g/mol. The van der Waals surface area contributed by atoms with Gasteiger partial charge in [-0.1, -0.05) is 0 Å². The Hall–Kier alpha value is 0.430. The van der Waals surface area contributed by atoms with E-state index in [9.17, 15) is 0 Å². The van der Waals surface area contributed by atoms with Gasteiger partial charge in [0.05, 0.1) is 0 Å². The molecule has 1 heteroatoms. The molecule has 0 spiro atoms. The van der Waals surface area contributed by atoms with Crippen LogP contribution in [0.15, 0.2) is 0 Å². The maximum absolute atomic E-state index is 2.44. The zero-order valence-corrected chi connectivity index (χ0v) is 19.6. The first-order chi connectivity index (χ1) is 11.4. The summed E-state index contributed by atoms with van der Waals surface area (Å²) < 4.78 is 0. The summed E-state index contributed by atoms with van der Waals surface area (Å²) in [6.07, 6.45) is 16.4. The van der Waals surface area contributed by atoms with Crippen LogP contribution in [0.1, 0.15) is 100 Å². The van der Waals surface area contributed by atoms with Gasteiger partial charge in [-0.15, -0.1) is 0 Å². The first kappa shape index (κ1) is 24.4. The van der Waals surface area contributed by atoms with Gasteiger partial charge in [-0.05, 0) is 0 Å². The predicted molar refractivity (Wildman–Crippen MR) is 119 cm³/mol. The Kier molecular flexibility index (Phi) is 13.9. The van der Waals surface area contributed by atoms with E-state index < -0.39 is 7.26 Å². The fraction of sp³-hybridized carbons (Fsp3) is 1.00. The van der Waals surface area contributed by atoms with Gasteiger partial charge in [0, 0.05) is 0 Å². The van der Waals surface area contributed by atoms with Crippen LogP contribution in [0.4, 0.5) is 0 Å².